The molecular formula is C9H14N4O5. The number of hydrogen-bond donors (Lipinski definition) is 3. The van der Waals surface area contributed by atoms with Crippen LogP contribution in [-0.2, 0) is 9.47 Å². The second-order valence-electron chi connectivity index (χ2n) is 3.91. The molecule has 1 aliphatic rings. The SMILES string of the molecule is NC(=O)OC1CC(O)C(CO)OC1n1ccnn1. The Morgan fingerprint density at radius 2 is 2.44 bits per heavy atom. The standard InChI is InChI=1S/C9H14N4O5/c10-9(16)18-6-3-5(15)7(4-14)17-8(6)13-2-1-11-12-13/h1-2,5-8,14-15H,3-4H2,(H2,10,16). The van der Waals surface area contributed by atoms with Gasteiger partial charge < -0.3 is 25.4 Å². The van der Waals surface area contributed by atoms with Gasteiger partial charge in [-0.2, -0.15) is 0 Å². The first-order chi connectivity index (χ1) is 8.61. The number of aliphatic hydroxyl groups is 2. The van der Waals surface area contributed by atoms with Gasteiger partial charge in [0.25, 0.3) is 0 Å². The Hall–Kier alpha value is -1.71. The zero-order valence-corrected chi connectivity index (χ0v) is 9.42. The van der Waals surface area contributed by atoms with Crippen LogP contribution in [0.1, 0.15) is 12.6 Å². The van der Waals surface area contributed by atoms with Crippen molar-refractivity contribution in [2.45, 2.75) is 31.0 Å². The number of amides is 1. The third kappa shape index (κ3) is 2.58. The average Bonchev–Trinajstić information content (AvgIpc) is 2.82. The van der Waals surface area contributed by atoms with Gasteiger partial charge in [-0.15, -0.1) is 5.10 Å². The first-order valence-corrected chi connectivity index (χ1v) is 5.38. The van der Waals surface area contributed by atoms with Crippen molar-refractivity contribution in [3.8, 4) is 0 Å². The summed E-state index contributed by atoms with van der Waals surface area (Å²) in [5.74, 6) is 0. The number of nitrogens with two attached hydrogens (primary N) is 1. The second kappa shape index (κ2) is 5.29. The highest BCUT2D eigenvalue weighted by Gasteiger charge is 2.40. The summed E-state index contributed by atoms with van der Waals surface area (Å²) >= 11 is 0. The van der Waals surface area contributed by atoms with Crippen LogP contribution in [0.15, 0.2) is 12.4 Å². The first kappa shape index (κ1) is 12.7. The first-order valence-electron chi connectivity index (χ1n) is 5.38. The molecule has 0 saturated carbocycles. The summed E-state index contributed by atoms with van der Waals surface area (Å²) in [6.07, 6.45) is -1.20. The Balaban J connectivity index is 2.17. The van der Waals surface area contributed by atoms with E-state index in [4.69, 9.17) is 20.3 Å². The number of aliphatic hydroxyl groups excluding tert-OH is 2. The molecular weight excluding hydrogens is 244 g/mol. The minimum atomic E-state index is -0.969. The summed E-state index contributed by atoms with van der Waals surface area (Å²) in [5.41, 5.74) is 4.96. The number of carbonyl (C=O) groups is 1. The Morgan fingerprint density at radius 3 is 3.00 bits per heavy atom. The lowest BCUT2D eigenvalue weighted by atomic mass is 10.0. The average molecular weight is 258 g/mol. The van der Waals surface area contributed by atoms with E-state index in [-0.39, 0.29) is 13.0 Å². The van der Waals surface area contributed by atoms with Gasteiger partial charge in [0.05, 0.1) is 18.9 Å². The van der Waals surface area contributed by atoms with Crippen LogP contribution < -0.4 is 5.73 Å². The molecule has 1 aliphatic heterocycles. The molecule has 4 unspecified atom stereocenters. The van der Waals surface area contributed by atoms with Crippen LogP contribution in [-0.4, -0.2) is 56.2 Å². The van der Waals surface area contributed by atoms with Crippen molar-refractivity contribution in [1.82, 2.24) is 15.0 Å². The molecule has 1 aromatic rings. The minimum Gasteiger partial charge on any atom is -0.441 e. The minimum absolute atomic E-state index is 0.0959. The Kier molecular flexibility index (Phi) is 3.75. The third-order valence-corrected chi connectivity index (χ3v) is 2.68. The van der Waals surface area contributed by atoms with E-state index in [1.807, 2.05) is 0 Å². The zero-order chi connectivity index (χ0) is 13.1. The smallest absolute Gasteiger partial charge is 0.404 e. The number of nitrogens with zero attached hydrogens (tertiary/aromatic N) is 3. The number of carbonyl (C=O) groups excluding carboxylic acids is 1. The molecule has 18 heavy (non-hydrogen) atoms. The van der Waals surface area contributed by atoms with E-state index >= 15 is 0 Å². The maximum atomic E-state index is 10.8. The number of primary amides is 1. The number of aromatic nitrogens is 3. The van der Waals surface area contributed by atoms with Crippen molar-refractivity contribution in [3.63, 3.8) is 0 Å². The fraction of sp³-hybridized carbons (Fsp3) is 0.667. The van der Waals surface area contributed by atoms with Crippen LogP contribution >= 0.6 is 0 Å². The summed E-state index contributed by atoms with van der Waals surface area (Å²) in [7, 11) is 0. The summed E-state index contributed by atoms with van der Waals surface area (Å²) in [6.45, 7) is -0.352. The van der Waals surface area contributed by atoms with E-state index in [9.17, 15) is 9.90 Å². The zero-order valence-electron chi connectivity index (χ0n) is 9.42. The fourth-order valence-electron chi connectivity index (χ4n) is 1.87. The highest BCUT2D eigenvalue weighted by atomic mass is 16.6. The molecule has 0 aliphatic carbocycles. The molecule has 100 valence electrons. The Bertz CT molecular complexity index is 398. The van der Waals surface area contributed by atoms with Crippen molar-refractivity contribution in [2.24, 2.45) is 5.73 Å². The normalized spacial score (nSPS) is 32.1. The van der Waals surface area contributed by atoms with Crippen molar-refractivity contribution < 1.29 is 24.5 Å². The predicted molar refractivity (Wildman–Crippen MR) is 56.1 cm³/mol. The molecule has 0 aromatic carbocycles. The van der Waals surface area contributed by atoms with Gasteiger partial charge in [-0.3, -0.25) is 0 Å². The van der Waals surface area contributed by atoms with E-state index in [2.05, 4.69) is 10.3 Å². The van der Waals surface area contributed by atoms with Gasteiger partial charge in [-0.25, -0.2) is 9.48 Å². The highest BCUT2D eigenvalue weighted by Crippen LogP contribution is 2.29. The lowest BCUT2D eigenvalue weighted by Crippen LogP contribution is -2.48. The van der Waals surface area contributed by atoms with E-state index in [1.165, 1.54) is 17.1 Å². The van der Waals surface area contributed by atoms with Gasteiger partial charge in [0.15, 0.2) is 12.3 Å². The lowest BCUT2D eigenvalue weighted by molar-refractivity contribution is -0.209. The molecule has 1 saturated heterocycles. The van der Waals surface area contributed by atoms with Gasteiger partial charge in [0, 0.05) is 12.6 Å². The van der Waals surface area contributed by atoms with Crippen molar-refractivity contribution >= 4 is 6.09 Å². The molecule has 9 heteroatoms. The number of hydrogen-bond acceptors (Lipinski definition) is 7. The van der Waals surface area contributed by atoms with Gasteiger partial charge in [-0.05, 0) is 0 Å². The lowest BCUT2D eigenvalue weighted by Gasteiger charge is -2.37. The van der Waals surface area contributed by atoms with Crippen LogP contribution in [0.25, 0.3) is 0 Å². The van der Waals surface area contributed by atoms with Crippen LogP contribution in [0.4, 0.5) is 4.79 Å². The van der Waals surface area contributed by atoms with E-state index < -0.39 is 30.6 Å². The van der Waals surface area contributed by atoms with Crippen LogP contribution in [0.3, 0.4) is 0 Å². The summed E-state index contributed by atoms with van der Waals surface area (Å²) < 4.78 is 11.6. The van der Waals surface area contributed by atoms with Crippen molar-refractivity contribution in [2.75, 3.05) is 6.61 Å². The van der Waals surface area contributed by atoms with E-state index in [0.717, 1.165) is 0 Å². The molecule has 0 spiro atoms. The summed E-state index contributed by atoms with van der Waals surface area (Å²) in [6, 6.07) is 0. The van der Waals surface area contributed by atoms with Crippen LogP contribution in [0.5, 0.6) is 0 Å². The van der Waals surface area contributed by atoms with Gasteiger partial charge in [0.2, 0.25) is 0 Å². The maximum absolute atomic E-state index is 10.8. The molecule has 4 atom stereocenters. The summed E-state index contributed by atoms with van der Waals surface area (Å²) in [5, 5.41) is 26.1. The molecule has 2 heterocycles. The molecule has 1 amide bonds. The fourth-order valence-corrected chi connectivity index (χ4v) is 1.87. The van der Waals surface area contributed by atoms with Crippen molar-refractivity contribution in [3.05, 3.63) is 12.4 Å². The monoisotopic (exact) mass is 258 g/mol. The maximum Gasteiger partial charge on any atom is 0.404 e. The van der Waals surface area contributed by atoms with Gasteiger partial charge in [-0.1, -0.05) is 5.21 Å². The Morgan fingerprint density at radius 1 is 1.67 bits per heavy atom. The molecule has 0 radical (unpaired) electrons. The number of ether oxygens (including phenoxy) is 2. The Labute approximate surface area is 102 Å². The number of rotatable bonds is 3. The molecule has 0 bridgehead atoms. The van der Waals surface area contributed by atoms with Crippen LogP contribution in [0, 0.1) is 0 Å². The molecule has 1 aromatic heterocycles. The van der Waals surface area contributed by atoms with Crippen LogP contribution in [0.2, 0.25) is 0 Å². The molecule has 2 rings (SSSR count). The van der Waals surface area contributed by atoms with Crippen molar-refractivity contribution in [1.29, 1.82) is 0 Å². The van der Waals surface area contributed by atoms with Gasteiger partial charge >= 0.3 is 6.09 Å². The van der Waals surface area contributed by atoms with Gasteiger partial charge in [0.1, 0.15) is 6.10 Å². The molecule has 1 fully saturated rings. The van der Waals surface area contributed by atoms with E-state index in [0.29, 0.717) is 0 Å². The predicted octanol–water partition coefficient (Wildman–Crippen LogP) is -1.62. The van der Waals surface area contributed by atoms with E-state index in [1.54, 1.807) is 0 Å². The molecule has 4 N–H and O–H groups in total. The quantitative estimate of drug-likeness (QED) is 0.593. The highest BCUT2D eigenvalue weighted by molar-refractivity contribution is 5.64. The summed E-state index contributed by atoms with van der Waals surface area (Å²) in [4.78, 5) is 10.8. The molecule has 9 nitrogen and oxygen atoms in total. The largest absolute Gasteiger partial charge is 0.441 e. The second-order valence-corrected chi connectivity index (χ2v) is 3.91. The third-order valence-electron chi connectivity index (χ3n) is 2.68. The topological polar surface area (TPSA) is 133 Å².